The number of aliphatic imine (C=N–C) groups is 1. The Morgan fingerprint density at radius 1 is 1.20 bits per heavy atom. The van der Waals surface area contributed by atoms with Crippen LogP contribution < -0.4 is 10.1 Å². The minimum absolute atomic E-state index is 0. The fourth-order valence-corrected chi connectivity index (χ4v) is 4.16. The fraction of sp³-hybridized carbons (Fsp3) is 0.650. The van der Waals surface area contributed by atoms with Crippen molar-refractivity contribution in [1.29, 1.82) is 0 Å². The highest BCUT2D eigenvalue weighted by atomic mass is 127. The van der Waals surface area contributed by atoms with Crippen LogP contribution in [0.2, 0.25) is 0 Å². The molecule has 1 aromatic rings. The van der Waals surface area contributed by atoms with E-state index in [1.54, 1.807) is 7.11 Å². The first-order valence-corrected chi connectivity index (χ1v) is 9.41. The third-order valence-electron chi connectivity index (χ3n) is 5.56. The first-order chi connectivity index (χ1) is 11.7. The van der Waals surface area contributed by atoms with Gasteiger partial charge in [-0.05, 0) is 55.7 Å². The van der Waals surface area contributed by atoms with Crippen LogP contribution in [0.5, 0.6) is 5.75 Å². The first kappa shape index (κ1) is 20.3. The van der Waals surface area contributed by atoms with Crippen LogP contribution in [0.3, 0.4) is 0 Å². The Bertz CT molecular complexity index is 553. The number of ether oxygens (including phenoxy) is 1. The van der Waals surface area contributed by atoms with Crippen LogP contribution in [0.25, 0.3) is 0 Å². The Kier molecular flexibility index (Phi) is 7.84. The Morgan fingerprint density at radius 2 is 1.92 bits per heavy atom. The summed E-state index contributed by atoms with van der Waals surface area (Å²) in [6.45, 7) is 6.28. The predicted molar refractivity (Wildman–Crippen MR) is 115 cm³/mol. The minimum atomic E-state index is 0. The van der Waals surface area contributed by atoms with Crippen molar-refractivity contribution in [1.82, 2.24) is 10.2 Å². The van der Waals surface area contributed by atoms with E-state index in [9.17, 15) is 0 Å². The van der Waals surface area contributed by atoms with Gasteiger partial charge in [0.05, 0.1) is 7.11 Å². The number of halogens is 1. The molecule has 1 spiro atoms. The van der Waals surface area contributed by atoms with Crippen molar-refractivity contribution >= 4 is 29.9 Å². The lowest BCUT2D eigenvalue weighted by Crippen LogP contribution is -2.41. The van der Waals surface area contributed by atoms with Gasteiger partial charge < -0.3 is 15.0 Å². The monoisotopic (exact) mass is 457 g/mol. The lowest BCUT2D eigenvalue weighted by molar-refractivity contribution is 0.309. The topological polar surface area (TPSA) is 36.9 Å². The summed E-state index contributed by atoms with van der Waals surface area (Å²) in [5.41, 5.74) is 1.90. The molecule has 0 radical (unpaired) electrons. The van der Waals surface area contributed by atoms with Crippen molar-refractivity contribution in [3.05, 3.63) is 29.8 Å². The molecule has 1 saturated carbocycles. The molecule has 0 unspecified atom stereocenters. The molecule has 25 heavy (non-hydrogen) atoms. The Labute approximate surface area is 169 Å². The van der Waals surface area contributed by atoms with Crippen LogP contribution in [0.15, 0.2) is 29.3 Å². The zero-order valence-corrected chi connectivity index (χ0v) is 17.9. The maximum Gasteiger partial charge on any atom is 0.193 e. The largest absolute Gasteiger partial charge is 0.497 e. The number of rotatable bonds is 5. The van der Waals surface area contributed by atoms with Gasteiger partial charge in [-0.1, -0.05) is 25.0 Å². The smallest absolute Gasteiger partial charge is 0.193 e. The zero-order chi connectivity index (χ0) is 16.8. The molecule has 1 aromatic carbocycles. The molecule has 3 rings (SSSR count). The number of hydrogen-bond donors (Lipinski definition) is 1. The van der Waals surface area contributed by atoms with E-state index in [-0.39, 0.29) is 24.0 Å². The van der Waals surface area contributed by atoms with Gasteiger partial charge in [0.25, 0.3) is 0 Å². The normalized spacial score (nSPS) is 19.1. The molecule has 2 fully saturated rings. The van der Waals surface area contributed by atoms with Crippen LogP contribution in [-0.4, -0.2) is 44.1 Å². The lowest BCUT2D eigenvalue weighted by atomic mass is 9.86. The van der Waals surface area contributed by atoms with Crippen molar-refractivity contribution < 1.29 is 4.74 Å². The van der Waals surface area contributed by atoms with Crippen molar-refractivity contribution in [3.63, 3.8) is 0 Å². The van der Waals surface area contributed by atoms with Crippen molar-refractivity contribution in [2.45, 2.75) is 45.4 Å². The number of benzene rings is 1. The maximum atomic E-state index is 5.21. The highest BCUT2D eigenvalue weighted by molar-refractivity contribution is 14.0. The molecule has 0 aromatic heterocycles. The lowest BCUT2D eigenvalue weighted by Gasteiger charge is -2.26. The number of hydrogen-bond acceptors (Lipinski definition) is 2. The maximum absolute atomic E-state index is 5.21. The fourth-order valence-electron chi connectivity index (χ4n) is 4.16. The second kappa shape index (κ2) is 9.64. The number of methoxy groups -OCH3 is 1. The summed E-state index contributed by atoms with van der Waals surface area (Å²) >= 11 is 0. The van der Waals surface area contributed by atoms with Gasteiger partial charge in [-0.2, -0.15) is 0 Å². The third kappa shape index (κ3) is 5.25. The van der Waals surface area contributed by atoms with Crippen LogP contribution in [0, 0.1) is 5.41 Å². The standard InChI is InChI=1S/C20H31N3O.HI/c1-3-21-19(23-15-13-20(16-23)11-4-5-12-20)22-14-10-17-6-8-18(24-2)9-7-17;/h6-9H,3-5,10-16H2,1-2H3,(H,21,22);1H. The second-order valence-corrected chi connectivity index (χ2v) is 7.21. The highest BCUT2D eigenvalue weighted by Crippen LogP contribution is 2.45. The molecule has 0 atom stereocenters. The predicted octanol–water partition coefficient (Wildman–Crippen LogP) is 4.09. The van der Waals surface area contributed by atoms with Gasteiger partial charge in [0.1, 0.15) is 5.75 Å². The van der Waals surface area contributed by atoms with Crippen molar-refractivity contribution in [2.24, 2.45) is 10.4 Å². The molecule has 5 heteroatoms. The van der Waals surface area contributed by atoms with Gasteiger partial charge in [-0.3, -0.25) is 4.99 Å². The first-order valence-electron chi connectivity index (χ1n) is 9.41. The number of nitrogens with one attached hydrogen (secondary N) is 1. The number of nitrogens with zero attached hydrogens (tertiary/aromatic N) is 2. The van der Waals surface area contributed by atoms with Gasteiger partial charge in [0, 0.05) is 26.2 Å². The van der Waals surface area contributed by atoms with Gasteiger partial charge in [0.15, 0.2) is 5.96 Å². The van der Waals surface area contributed by atoms with Gasteiger partial charge in [-0.25, -0.2) is 0 Å². The summed E-state index contributed by atoms with van der Waals surface area (Å²) in [6.07, 6.45) is 7.97. The van der Waals surface area contributed by atoms with Crippen LogP contribution >= 0.6 is 24.0 Å². The Hall–Kier alpha value is -0.980. The summed E-state index contributed by atoms with van der Waals surface area (Å²) in [5.74, 6) is 2.02. The van der Waals surface area contributed by atoms with Gasteiger partial charge in [0.2, 0.25) is 0 Å². The summed E-state index contributed by atoms with van der Waals surface area (Å²) in [4.78, 5) is 7.38. The van der Waals surface area contributed by atoms with E-state index in [2.05, 4.69) is 29.3 Å². The number of guanidine groups is 1. The molecular weight excluding hydrogens is 425 g/mol. The van der Waals surface area contributed by atoms with E-state index in [0.29, 0.717) is 5.41 Å². The van der Waals surface area contributed by atoms with Crippen molar-refractivity contribution in [2.75, 3.05) is 33.3 Å². The molecule has 1 aliphatic heterocycles. The molecule has 0 bridgehead atoms. The van der Waals surface area contributed by atoms with E-state index in [4.69, 9.17) is 9.73 Å². The molecule has 0 amide bonds. The van der Waals surface area contributed by atoms with Crippen LogP contribution in [0.1, 0.15) is 44.6 Å². The van der Waals surface area contributed by atoms with E-state index < -0.39 is 0 Å². The van der Waals surface area contributed by atoms with Crippen LogP contribution in [0.4, 0.5) is 0 Å². The average molecular weight is 457 g/mol. The van der Waals surface area contributed by atoms with E-state index in [1.807, 2.05) is 12.1 Å². The quantitative estimate of drug-likeness (QED) is 0.411. The third-order valence-corrected chi connectivity index (χ3v) is 5.56. The molecule has 1 heterocycles. The second-order valence-electron chi connectivity index (χ2n) is 7.21. The summed E-state index contributed by atoms with van der Waals surface area (Å²) in [6, 6.07) is 8.30. The van der Waals surface area contributed by atoms with E-state index >= 15 is 0 Å². The van der Waals surface area contributed by atoms with E-state index in [1.165, 1.54) is 44.2 Å². The number of likely N-dealkylation sites (tertiary alicyclic amines) is 1. The highest BCUT2D eigenvalue weighted by Gasteiger charge is 2.41. The van der Waals surface area contributed by atoms with Crippen molar-refractivity contribution in [3.8, 4) is 5.75 Å². The Morgan fingerprint density at radius 3 is 2.56 bits per heavy atom. The Balaban J connectivity index is 0.00000225. The molecular formula is C20H32IN3O. The zero-order valence-electron chi connectivity index (χ0n) is 15.6. The summed E-state index contributed by atoms with van der Waals surface area (Å²) in [7, 11) is 1.70. The van der Waals surface area contributed by atoms with E-state index in [0.717, 1.165) is 37.8 Å². The minimum Gasteiger partial charge on any atom is -0.497 e. The summed E-state index contributed by atoms with van der Waals surface area (Å²) in [5, 5.41) is 3.49. The average Bonchev–Trinajstić information content (AvgIpc) is 3.25. The van der Waals surface area contributed by atoms with Gasteiger partial charge >= 0.3 is 0 Å². The van der Waals surface area contributed by atoms with Gasteiger partial charge in [-0.15, -0.1) is 24.0 Å². The summed E-state index contributed by atoms with van der Waals surface area (Å²) < 4.78 is 5.21. The molecule has 2 aliphatic rings. The SMILES string of the molecule is CCNC(=NCCc1ccc(OC)cc1)N1CCC2(CCCC2)C1.I. The molecule has 1 N–H and O–H groups in total. The van der Waals surface area contributed by atoms with Crippen LogP contribution in [-0.2, 0) is 6.42 Å². The molecule has 1 aliphatic carbocycles. The molecule has 1 saturated heterocycles. The molecule has 4 nitrogen and oxygen atoms in total. The molecule has 140 valence electrons.